The fourth-order valence-electron chi connectivity index (χ4n) is 4.74. The maximum Gasteiger partial charge on any atom is 0.257 e. The molecule has 2 aromatic rings. The number of methoxy groups -OCH3 is 1. The molecule has 1 aromatic carbocycles. The highest BCUT2D eigenvalue weighted by atomic mass is 16.5. The van der Waals surface area contributed by atoms with Crippen LogP contribution in [0.5, 0.6) is 11.6 Å². The lowest BCUT2D eigenvalue weighted by Crippen LogP contribution is -2.42. The summed E-state index contributed by atoms with van der Waals surface area (Å²) < 4.78 is 11.2. The zero-order valence-electron chi connectivity index (χ0n) is 17.0. The topological polar surface area (TPSA) is 80.8 Å². The van der Waals surface area contributed by atoms with Gasteiger partial charge in [0, 0.05) is 6.04 Å². The summed E-state index contributed by atoms with van der Waals surface area (Å²) in [5.41, 5.74) is 2.56. The molecule has 3 heterocycles. The molecule has 7 heteroatoms. The van der Waals surface area contributed by atoms with Crippen LogP contribution in [0.2, 0.25) is 0 Å². The summed E-state index contributed by atoms with van der Waals surface area (Å²) in [5, 5.41) is 3.01. The van der Waals surface area contributed by atoms with Crippen LogP contribution < -0.4 is 14.8 Å². The smallest absolute Gasteiger partial charge is 0.257 e. The number of para-hydroxylation sites is 1. The summed E-state index contributed by atoms with van der Waals surface area (Å²) in [6.45, 7) is 0.891. The van der Waals surface area contributed by atoms with Crippen LogP contribution in [0, 0.1) is 0 Å². The van der Waals surface area contributed by atoms with Crippen molar-refractivity contribution < 1.29 is 19.1 Å². The Morgan fingerprint density at radius 1 is 1.27 bits per heavy atom. The van der Waals surface area contributed by atoms with Gasteiger partial charge in [0.2, 0.25) is 5.88 Å². The molecule has 5 rings (SSSR count). The standard InChI is InChI=1S/C23H25N3O4/c1-29-22-18(21(27)24-15-10-14-6-2-5-9-20(14)30-13-15)11-17-19(25-22)12-26(23(17)28)16-7-3-4-8-16/h2,5-6,9,11,15-16H,3-4,7-8,10,12-13H2,1H3,(H,24,27)/t15-/m1/s1. The van der Waals surface area contributed by atoms with E-state index in [2.05, 4.69) is 10.3 Å². The highest BCUT2D eigenvalue weighted by Crippen LogP contribution is 2.33. The third-order valence-corrected chi connectivity index (χ3v) is 6.30. The van der Waals surface area contributed by atoms with Gasteiger partial charge in [-0.1, -0.05) is 31.0 Å². The molecule has 0 unspecified atom stereocenters. The van der Waals surface area contributed by atoms with Crippen LogP contribution in [0.15, 0.2) is 30.3 Å². The van der Waals surface area contributed by atoms with Crippen molar-refractivity contribution in [3.05, 3.63) is 52.7 Å². The van der Waals surface area contributed by atoms with E-state index >= 15 is 0 Å². The second-order valence-electron chi connectivity index (χ2n) is 8.20. The van der Waals surface area contributed by atoms with Crippen molar-refractivity contribution in [3.63, 3.8) is 0 Å². The Kier molecular flexibility index (Phi) is 4.81. The number of ether oxygens (including phenoxy) is 2. The fraction of sp³-hybridized carbons (Fsp3) is 0.435. The van der Waals surface area contributed by atoms with E-state index in [9.17, 15) is 9.59 Å². The first kappa shape index (κ1) is 18.9. The van der Waals surface area contributed by atoms with Crippen molar-refractivity contribution in [1.29, 1.82) is 0 Å². The van der Waals surface area contributed by atoms with E-state index in [0.717, 1.165) is 37.0 Å². The van der Waals surface area contributed by atoms with Gasteiger partial charge < -0.3 is 19.7 Å². The first-order chi connectivity index (χ1) is 14.6. The molecule has 0 spiro atoms. The average Bonchev–Trinajstić information content (AvgIpc) is 3.41. The number of aromatic nitrogens is 1. The van der Waals surface area contributed by atoms with Gasteiger partial charge in [0.05, 0.1) is 31.0 Å². The largest absolute Gasteiger partial charge is 0.491 e. The van der Waals surface area contributed by atoms with Gasteiger partial charge >= 0.3 is 0 Å². The maximum absolute atomic E-state index is 13.0. The maximum atomic E-state index is 13.0. The van der Waals surface area contributed by atoms with Crippen LogP contribution in [-0.2, 0) is 13.0 Å². The summed E-state index contributed by atoms with van der Waals surface area (Å²) in [6, 6.07) is 9.59. The van der Waals surface area contributed by atoms with E-state index in [1.54, 1.807) is 6.07 Å². The highest BCUT2D eigenvalue weighted by molar-refractivity contribution is 6.03. The number of hydrogen-bond donors (Lipinski definition) is 1. The van der Waals surface area contributed by atoms with Gasteiger partial charge in [0.25, 0.3) is 11.8 Å². The molecule has 0 saturated heterocycles. The van der Waals surface area contributed by atoms with Crippen LogP contribution in [0.4, 0.5) is 0 Å². The third-order valence-electron chi connectivity index (χ3n) is 6.30. The number of carbonyl (C=O) groups is 2. The molecule has 0 radical (unpaired) electrons. The predicted octanol–water partition coefficient (Wildman–Crippen LogP) is 2.72. The molecule has 1 N–H and O–H groups in total. The van der Waals surface area contributed by atoms with Gasteiger partial charge in [-0.05, 0) is 37.0 Å². The first-order valence-electron chi connectivity index (χ1n) is 10.5. The molecule has 2 amide bonds. The minimum absolute atomic E-state index is 0.0315. The number of nitrogens with one attached hydrogen (secondary N) is 1. The lowest BCUT2D eigenvalue weighted by atomic mass is 10.0. The van der Waals surface area contributed by atoms with Gasteiger partial charge in [0.1, 0.15) is 17.9 Å². The lowest BCUT2D eigenvalue weighted by Gasteiger charge is -2.26. The van der Waals surface area contributed by atoms with Gasteiger partial charge in [0.15, 0.2) is 0 Å². The van der Waals surface area contributed by atoms with Crippen molar-refractivity contribution in [3.8, 4) is 11.6 Å². The average molecular weight is 407 g/mol. The van der Waals surface area contributed by atoms with E-state index in [1.165, 1.54) is 7.11 Å². The Labute approximate surface area is 175 Å². The van der Waals surface area contributed by atoms with E-state index in [1.807, 2.05) is 29.2 Å². The van der Waals surface area contributed by atoms with Crippen molar-refractivity contribution in [2.45, 2.75) is 50.7 Å². The quantitative estimate of drug-likeness (QED) is 0.843. The van der Waals surface area contributed by atoms with E-state index in [4.69, 9.17) is 9.47 Å². The van der Waals surface area contributed by atoms with Crippen molar-refractivity contribution in [2.24, 2.45) is 0 Å². The number of rotatable bonds is 4. The zero-order chi connectivity index (χ0) is 20.7. The molecular formula is C23H25N3O4. The van der Waals surface area contributed by atoms with Crippen molar-refractivity contribution in [1.82, 2.24) is 15.2 Å². The summed E-state index contributed by atoms with van der Waals surface area (Å²) in [4.78, 5) is 32.4. The van der Waals surface area contributed by atoms with E-state index in [-0.39, 0.29) is 35.3 Å². The molecule has 1 aliphatic carbocycles. The Bertz CT molecular complexity index is 1000. The number of pyridine rings is 1. The number of hydrogen-bond acceptors (Lipinski definition) is 5. The number of fused-ring (bicyclic) bond motifs is 2. The molecule has 30 heavy (non-hydrogen) atoms. The van der Waals surface area contributed by atoms with Crippen LogP contribution >= 0.6 is 0 Å². The van der Waals surface area contributed by atoms with Crippen molar-refractivity contribution >= 4 is 11.8 Å². The van der Waals surface area contributed by atoms with Crippen LogP contribution in [0.1, 0.15) is 57.7 Å². The molecule has 7 nitrogen and oxygen atoms in total. The van der Waals surface area contributed by atoms with Crippen LogP contribution in [0.25, 0.3) is 0 Å². The zero-order valence-corrected chi connectivity index (χ0v) is 17.0. The highest BCUT2D eigenvalue weighted by Gasteiger charge is 2.37. The second kappa shape index (κ2) is 7.63. The van der Waals surface area contributed by atoms with E-state index in [0.29, 0.717) is 30.8 Å². The second-order valence-corrected chi connectivity index (χ2v) is 8.20. The summed E-state index contributed by atoms with van der Waals surface area (Å²) in [6.07, 6.45) is 5.07. The van der Waals surface area contributed by atoms with E-state index < -0.39 is 0 Å². The molecular weight excluding hydrogens is 382 g/mol. The Morgan fingerprint density at radius 2 is 2.07 bits per heavy atom. The number of carbonyl (C=O) groups excluding carboxylic acids is 2. The third kappa shape index (κ3) is 3.28. The summed E-state index contributed by atoms with van der Waals surface area (Å²) in [7, 11) is 1.50. The van der Waals surface area contributed by atoms with Crippen LogP contribution in [0.3, 0.4) is 0 Å². The monoisotopic (exact) mass is 407 g/mol. The first-order valence-corrected chi connectivity index (χ1v) is 10.5. The minimum Gasteiger partial charge on any atom is -0.491 e. The molecule has 3 aliphatic rings. The van der Waals surface area contributed by atoms with Crippen molar-refractivity contribution in [2.75, 3.05) is 13.7 Å². The van der Waals surface area contributed by atoms with Gasteiger partial charge in [-0.2, -0.15) is 0 Å². The lowest BCUT2D eigenvalue weighted by molar-refractivity contribution is 0.0706. The van der Waals surface area contributed by atoms with Crippen LogP contribution in [-0.4, -0.2) is 47.5 Å². The SMILES string of the molecule is COc1nc2c(cc1C(=O)N[C@H]1COc3ccccc3C1)C(=O)N(C1CCCC1)C2. The molecule has 156 valence electrons. The molecule has 1 atom stereocenters. The Balaban J connectivity index is 1.36. The summed E-state index contributed by atoms with van der Waals surface area (Å²) >= 11 is 0. The molecule has 2 aliphatic heterocycles. The molecule has 1 fully saturated rings. The predicted molar refractivity (Wildman–Crippen MR) is 110 cm³/mol. The van der Waals surface area contributed by atoms with Gasteiger partial charge in [-0.25, -0.2) is 4.98 Å². The fourth-order valence-corrected chi connectivity index (χ4v) is 4.74. The van der Waals surface area contributed by atoms with Gasteiger partial charge in [-0.15, -0.1) is 0 Å². The molecule has 1 aromatic heterocycles. The minimum atomic E-state index is -0.303. The molecule has 1 saturated carbocycles. The number of nitrogens with zero attached hydrogens (tertiary/aromatic N) is 2. The Morgan fingerprint density at radius 3 is 2.87 bits per heavy atom. The number of benzene rings is 1. The number of amides is 2. The molecule has 0 bridgehead atoms. The van der Waals surface area contributed by atoms with Gasteiger partial charge in [-0.3, -0.25) is 9.59 Å². The normalized spacial score (nSPS) is 20.5. The Hall–Kier alpha value is -3.09. The summed E-state index contributed by atoms with van der Waals surface area (Å²) in [5.74, 6) is 0.778.